The average Bonchev–Trinajstić information content (AvgIpc) is 3.26. The van der Waals surface area contributed by atoms with E-state index < -0.39 is 0 Å². The van der Waals surface area contributed by atoms with Gasteiger partial charge in [0.25, 0.3) is 0 Å². The van der Waals surface area contributed by atoms with Crippen LogP contribution in [0.4, 0.5) is 0 Å². The Bertz CT molecular complexity index is 1240. The van der Waals surface area contributed by atoms with Crippen molar-refractivity contribution in [2.24, 2.45) is 0 Å². The predicted molar refractivity (Wildman–Crippen MR) is 127 cm³/mol. The second-order valence-electron chi connectivity index (χ2n) is 9.92. The molecule has 0 saturated heterocycles. The number of pyridine rings is 2. The van der Waals surface area contributed by atoms with Crippen molar-refractivity contribution in [1.29, 1.82) is 0 Å². The highest BCUT2D eigenvalue weighted by molar-refractivity contribution is 5.98. The fraction of sp³-hybridized carbons (Fsp3) is 0.357. The maximum atomic E-state index is 4.87. The molecule has 0 spiro atoms. The molecular formula is C28H30N2. The Labute approximate surface area is 179 Å². The highest BCUT2D eigenvalue weighted by atomic mass is 14.7. The summed E-state index contributed by atoms with van der Waals surface area (Å²) < 4.78 is 0. The molecule has 0 bridgehead atoms. The van der Waals surface area contributed by atoms with Crippen LogP contribution in [0.2, 0.25) is 0 Å². The van der Waals surface area contributed by atoms with Crippen LogP contribution in [0.15, 0.2) is 54.7 Å². The first-order valence-electron chi connectivity index (χ1n) is 11.2. The fourth-order valence-corrected chi connectivity index (χ4v) is 4.98. The molecule has 5 rings (SSSR count). The van der Waals surface area contributed by atoms with Gasteiger partial charge in [0.05, 0.1) is 11.2 Å². The van der Waals surface area contributed by atoms with Crippen molar-refractivity contribution in [3.8, 4) is 11.3 Å². The second-order valence-corrected chi connectivity index (χ2v) is 9.92. The normalized spacial score (nSPS) is 15.3. The van der Waals surface area contributed by atoms with Crippen LogP contribution in [0, 0.1) is 6.92 Å². The van der Waals surface area contributed by atoms with Crippen molar-refractivity contribution in [2.75, 3.05) is 0 Å². The zero-order valence-electron chi connectivity index (χ0n) is 18.5. The molecule has 0 atom stereocenters. The third-order valence-electron chi connectivity index (χ3n) is 6.63. The number of fused-ring (bicyclic) bond motifs is 2. The molecule has 152 valence electrons. The van der Waals surface area contributed by atoms with Crippen molar-refractivity contribution in [1.82, 2.24) is 9.97 Å². The number of rotatable bonds is 2. The molecule has 0 aliphatic heterocycles. The summed E-state index contributed by atoms with van der Waals surface area (Å²) >= 11 is 0. The number of hydrogen-bond acceptors (Lipinski definition) is 2. The van der Waals surface area contributed by atoms with Gasteiger partial charge >= 0.3 is 0 Å². The molecule has 30 heavy (non-hydrogen) atoms. The number of benzene rings is 2. The van der Waals surface area contributed by atoms with E-state index in [1.807, 2.05) is 6.20 Å². The summed E-state index contributed by atoms with van der Waals surface area (Å²) in [5.74, 6) is 0.730. The van der Waals surface area contributed by atoms with Gasteiger partial charge in [-0.2, -0.15) is 0 Å². The molecule has 0 unspecified atom stereocenters. The first kappa shape index (κ1) is 19.2. The van der Waals surface area contributed by atoms with Crippen LogP contribution in [-0.2, 0) is 5.41 Å². The van der Waals surface area contributed by atoms with Gasteiger partial charge in [-0.1, -0.05) is 57.9 Å². The summed E-state index contributed by atoms with van der Waals surface area (Å²) in [5, 5.41) is 3.71. The average molecular weight is 395 g/mol. The fourth-order valence-electron chi connectivity index (χ4n) is 4.98. The van der Waals surface area contributed by atoms with Crippen molar-refractivity contribution in [3.63, 3.8) is 0 Å². The number of hydrogen-bond donors (Lipinski definition) is 0. The maximum Gasteiger partial charge on any atom is 0.0780 e. The van der Waals surface area contributed by atoms with E-state index in [0.717, 1.165) is 22.8 Å². The third kappa shape index (κ3) is 3.39. The quantitative estimate of drug-likeness (QED) is 0.348. The minimum Gasteiger partial charge on any atom is -0.256 e. The van der Waals surface area contributed by atoms with Gasteiger partial charge in [0.2, 0.25) is 0 Å². The van der Waals surface area contributed by atoms with E-state index in [0.29, 0.717) is 0 Å². The standard InChI is InChI=1S/C28H30N2/c1-18-9-10-22-16-23(17-25(27(22)30-18)28(2,3)4)26-24-12-11-20(19-7-5-6-8-19)15-21(24)13-14-29-26/h9-17,19H,5-8H2,1-4H3. The zero-order chi connectivity index (χ0) is 20.9. The maximum absolute atomic E-state index is 4.87. The van der Waals surface area contributed by atoms with Crippen LogP contribution in [0.5, 0.6) is 0 Å². The molecule has 2 heteroatoms. The van der Waals surface area contributed by atoms with E-state index in [2.05, 4.69) is 76.2 Å². The van der Waals surface area contributed by atoms with Crippen LogP contribution >= 0.6 is 0 Å². The summed E-state index contributed by atoms with van der Waals surface area (Å²) in [6.07, 6.45) is 7.35. The molecule has 0 amide bonds. The molecule has 0 radical (unpaired) electrons. The molecular weight excluding hydrogens is 364 g/mol. The summed E-state index contributed by atoms with van der Waals surface area (Å²) in [4.78, 5) is 9.71. The first-order chi connectivity index (χ1) is 14.4. The molecule has 0 N–H and O–H groups in total. The highest BCUT2D eigenvalue weighted by Gasteiger charge is 2.21. The van der Waals surface area contributed by atoms with Crippen LogP contribution in [0.1, 0.15) is 69.2 Å². The minimum absolute atomic E-state index is 0.00921. The summed E-state index contributed by atoms with van der Waals surface area (Å²) in [7, 11) is 0. The smallest absolute Gasteiger partial charge is 0.0780 e. The van der Waals surface area contributed by atoms with Gasteiger partial charge in [0.15, 0.2) is 0 Å². The Balaban J connectivity index is 1.70. The predicted octanol–water partition coefficient (Wildman–Crippen LogP) is 7.71. The van der Waals surface area contributed by atoms with E-state index in [4.69, 9.17) is 9.97 Å². The van der Waals surface area contributed by atoms with Crippen LogP contribution in [0.3, 0.4) is 0 Å². The van der Waals surface area contributed by atoms with E-state index in [9.17, 15) is 0 Å². The summed E-state index contributed by atoms with van der Waals surface area (Å²) in [6.45, 7) is 8.86. The summed E-state index contributed by atoms with van der Waals surface area (Å²) in [5.41, 5.74) is 7.19. The van der Waals surface area contributed by atoms with Gasteiger partial charge in [0, 0.05) is 28.2 Å². The molecule has 1 aliphatic rings. The Morgan fingerprint density at radius 1 is 0.867 bits per heavy atom. The van der Waals surface area contributed by atoms with Crippen LogP contribution < -0.4 is 0 Å². The highest BCUT2D eigenvalue weighted by Crippen LogP contribution is 2.38. The molecule has 2 aromatic heterocycles. The Kier molecular flexibility index (Phi) is 4.61. The lowest BCUT2D eigenvalue weighted by Crippen LogP contribution is -2.13. The first-order valence-corrected chi connectivity index (χ1v) is 11.2. The second kappa shape index (κ2) is 7.19. The lowest BCUT2D eigenvalue weighted by Gasteiger charge is -2.22. The van der Waals surface area contributed by atoms with Gasteiger partial charge in [-0.05, 0) is 71.9 Å². The van der Waals surface area contributed by atoms with E-state index in [-0.39, 0.29) is 5.41 Å². The minimum atomic E-state index is 0.00921. The molecule has 4 aromatic rings. The molecule has 2 nitrogen and oxygen atoms in total. The Hall–Kier alpha value is -2.74. The Morgan fingerprint density at radius 2 is 1.67 bits per heavy atom. The summed E-state index contributed by atoms with van der Waals surface area (Å²) in [6, 6.07) is 18.0. The van der Waals surface area contributed by atoms with E-state index in [1.165, 1.54) is 58.5 Å². The largest absolute Gasteiger partial charge is 0.256 e. The lowest BCUT2D eigenvalue weighted by molar-refractivity contribution is 0.594. The van der Waals surface area contributed by atoms with E-state index in [1.54, 1.807) is 0 Å². The topological polar surface area (TPSA) is 25.8 Å². The molecule has 1 fully saturated rings. The van der Waals surface area contributed by atoms with E-state index >= 15 is 0 Å². The van der Waals surface area contributed by atoms with Crippen molar-refractivity contribution >= 4 is 21.7 Å². The zero-order valence-corrected chi connectivity index (χ0v) is 18.5. The SMILES string of the molecule is Cc1ccc2cc(-c3nccc4cc(C5CCCC5)ccc34)cc(C(C)(C)C)c2n1. The lowest BCUT2D eigenvalue weighted by atomic mass is 9.83. The van der Waals surface area contributed by atoms with Crippen molar-refractivity contribution in [3.05, 3.63) is 71.5 Å². The molecule has 2 aromatic carbocycles. The van der Waals surface area contributed by atoms with Crippen molar-refractivity contribution < 1.29 is 0 Å². The number of aromatic nitrogens is 2. The third-order valence-corrected chi connectivity index (χ3v) is 6.63. The van der Waals surface area contributed by atoms with Gasteiger partial charge < -0.3 is 0 Å². The Morgan fingerprint density at radius 3 is 2.43 bits per heavy atom. The van der Waals surface area contributed by atoms with Gasteiger partial charge in [-0.15, -0.1) is 0 Å². The number of aryl methyl sites for hydroxylation is 1. The molecule has 1 saturated carbocycles. The van der Waals surface area contributed by atoms with Crippen LogP contribution in [-0.4, -0.2) is 9.97 Å². The molecule has 1 aliphatic carbocycles. The van der Waals surface area contributed by atoms with Crippen molar-refractivity contribution in [2.45, 2.75) is 64.7 Å². The monoisotopic (exact) mass is 394 g/mol. The van der Waals surface area contributed by atoms with Gasteiger partial charge in [-0.3, -0.25) is 9.97 Å². The number of nitrogens with zero attached hydrogens (tertiary/aromatic N) is 2. The van der Waals surface area contributed by atoms with Gasteiger partial charge in [0.1, 0.15) is 0 Å². The van der Waals surface area contributed by atoms with Gasteiger partial charge in [-0.25, -0.2) is 0 Å². The molecule has 2 heterocycles. The van der Waals surface area contributed by atoms with Crippen LogP contribution in [0.25, 0.3) is 32.9 Å².